The molecule has 0 heterocycles. The van der Waals surface area contributed by atoms with Crippen molar-refractivity contribution in [1.82, 2.24) is 0 Å². The van der Waals surface area contributed by atoms with E-state index in [1.807, 2.05) is 0 Å². The van der Waals surface area contributed by atoms with Gasteiger partial charge in [0.25, 0.3) is 0 Å². The number of hydrogen-bond donors (Lipinski definition) is 0. The molecule has 0 saturated carbocycles. The van der Waals surface area contributed by atoms with Crippen LogP contribution in [0.1, 0.15) is 49.4 Å². The summed E-state index contributed by atoms with van der Waals surface area (Å²) in [4.78, 5) is 4.71. The van der Waals surface area contributed by atoms with E-state index in [4.69, 9.17) is 0 Å². The quantitative estimate of drug-likeness (QED) is 0.200. The maximum Gasteiger partial charge on any atom is 0.0464 e. The van der Waals surface area contributed by atoms with Crippen molar-refractivity contribution in [3.8, 4) is 0 Å². The van der Waals surface area contributed by atoms with E-state index in [0.717, 1.165) is 29.2 Å². The molecular formula is C38H38N2. The Kier molecular flexibility index (Phi) is 6.94. The lowest BCUT2D eigenvalue weighted by molar-refractivity contribution is 0.506. The van der Waals surface area contributed by atoms with Crippen LogP contribution in [0.15, 0.2) is 121 Å². The van der Waals surface area contributed by atoms with Crippen LogP contribution in [0.25, 0.3) is 0 Å². The first kappa shape index (κ1) is 26.0. The van der Waals surface area contributed by atoms with Crippen molar-refractivity contribution in [2.24, 2.45) is 0 Å². The Morgan fingerprint density at radius 2 is 0.975 bits per heavy atom. The van der Waals surface area contributed by atoms with Crippen LogP contribution in [0.2, 0.25) is 0 Å². The van der Waals surface area contributed by atoms with E-state index >= 15 is 0 Å². The Morgan fingerprint density at radius 3 is 1.48 bits per heavy atom. The van der Waals surface area contributed by atoms with Crippen LogP contribution in [0, 0.1) is 6.92 Å². The molecule has 0 amide bonds. The molecule has 0 aliphatic heterocycles. The van der Waals surface area contributed by atoms with E-state index in [1.54, 1.807) is 0 Å². The summed E-state index contributed by atoms with van der Waals surface area (Å²) < 4.78 is 0. The SMILES string of the molecule is CCC(C)(C)c1ccc(N(c2ccc(C)cc2)c2ccc(N(c3ccccc3)c3ccc4c(c3)CC4)cc2)cc1. The second kappa shape index (κ2) is 10.7. The average molecular weight is 523 g/mol. The number of rotatable bonds is 8. The van der Waals surface area contributed by atoms with Gasteiger partial charge in [-0.25, -0.2) is 0 Å². The van der Waals surface area contributed by atoms with E-state index < -0.39 is 0 Å². The summed E-state index contributed by atoms with van der Waals surface area (Å²) in [6, 6.07) is 44.5. The third kappa shape index (κ3) is 5.02. The van der Waals surface area contributed by atoms with Gasteiger partial charge in [-0.05, 0) is 121 Å². The predicted molar refractivity (Wildman–Crippen MR) is 171 cm³/mol. The molecular weight excluding hydrogens is 484 g/mol. The van der Waals surface area contributed by atoms with Gasteiger partial charge in [0, 0.05) is 34.1 Å². The largest absolute Gasteiger partial charge is 0.311 e. The summed E-state index contributed by atoms with van der Waals surface area (Å²) in [6.45, 7) is 9.03. The molecule has 2 nitrogen and oxygen atoms in total. The minimum atomic E-state index is 0.161. The zero-order chi connectivity index (χ0) is 27.7. The van der Waals surface area contributed by atoms with Crippen molar-refractivity contribution < 1.29 is 0 Å². The van der Waals surface area contributed by atoms with E-state index in [0.29, 0.717) is 0 Å². The summed E-state index contributed by atoms with van der Waals surface area (Å²) in [5.41, 5.74) is 12.7. The molecule has 6 rings (SSSR count). The predicted octanol–water partition coefficient (Wildman–Crippen LogP) is 10.7. The van der Waals surface area contributed by atoms with Gasteiger partial charge in [-0.3, -0.25) is 0 Å². The number of benzene rings is 5. The van der Waals surface area contributed by atoms with Crippen molar-refractivity contribution in [3.63, 3.8) is 0 Å². The standard InChI is InChI=1S/C38H38N2/c1-5-38(3,4)31-16-21-34(22-17-31)39(33-18-11-28(2)12-19-33)35-23-25-36(26-24-35)40(32-9-7-6-8-10-32)37-20-15-29-13-14-30(29)27-37/h6-12,15-27H,5,13-14H2,1-4H3. The van der Waals surface area contributed by atoms with Gasteiger partial charge in [-0.1, -0.05) is 74.9 Å². The summed E-state index contributed by atoms with van der Waals surface area (Å²) >= 11 is 0. The Labute approximate surface area is 239 Å². The van der Waals surface area contributed by atoms with Crippen LogP contribution < -0.4 is 9.80 Å². The lowest BCUT2D eigenvalue weighted by Crippen LogP contribution is -2.16. The highest BCUT2D eigenvalue weighted by molar-refractivity contribution is 5.81. The maximum absolute atomic E-state index is 2.36. The van der Waals surface area contributed by atoms with Crippen LogP contribution in [0.3, 0.4) is 0 Å². The molecule has 0 fully saturated rings. The zero-order valence-electron chi connectivity index (χ0n) is 24.1. The van der Waals surface area contributed by atoms with Gasteiger partial charge in [0.2, 0.25) is 0 Å². The minimum Gasteiger partial charge on any atom is -0.311 e. The Hall–Kier alpha value is -4.30. The highest BCUT2D eigenvalue weighted by atomic mass is 15.2. The summed E-state index contributed by atoms with van der Waals surface area (Å²) in [6.07, 6.45) is 3.48. The fraction of sp³-hybridized carbons (Fsp3) is 0.211. The molecule has 1 aliphatic carbocycles. The highest BCUT2D eigenvalue weighted by Gasteiger charge is 2.21. The first-order valence-electron chi connectivity index (χ1n) is 14.5. The van der Waals surface area contributed by atoms with Gasteiger partial charge in [0.1, 0.15) is 0 Å². The van der Waals surface area contributed by atoms with E-state index in [1.165, 1.54) is 46.5 Å². The first-order chi connectivity index (χ1) is 19.4. The first-order valence-corrected chi connectivity index (χ1v) is 14.5. The molecule has 0 aromatic heterocycles. The van der Waals surface area contributed by atoms with Gasteiger partial charge >= 0.3 is 0 Å². The topological polar surface area (TPSA) is 6.48 Å². The third-order valence-electron chi connectivity index (χ3n) is 8.58. The second-order valence-corrected chi connectivity index (χ2v) is 11.6. The molecule has 0 N–H and O–H groups in total. The van der Waals surface area contributed by atoms with Crippen LogP contribution in [0.5, 0.6) is 0 Å². The summed E-state index contributed by atoms with van der Waals surface area (Å²) in [5, 5.41) is 0. The van der Waals surface area contributed by atoms with Crippen molar-refractivity contribution in [3.05, 3.63) is 144 Å². The zero-order valence-corrected chi connectivity index (χ0v) is 24.1. The van der Waals surface area contributed by atoms with Gasteiger partial charge in [-0.15, -0.1) is 0 Å². The Morgan fingerprint density at radius 1 is 0.525 bits per heavy atom. The molecule has 0 atom stereocenters. The number of fused-ring (bicyclic) bond motifs is 1. The minimum absolute atomic E-state index is 0.161. The van der Waals surface area contributed by atoms with E-state index in [2.05, 4.69) is 159 Å². The van der Waals surface area contributed by atoms with Gasteiger partial charge < -0.3 is 9.80 Å². The van der Waals surface area contributed by atoms with Crippen LogP contribution >= 0.6 is 0 Å². The molecule has 0 unspecified atom stereocenters. The third-order valence-corrected chi connectivity index (χ3v) is 8.58. The fourth-order valence-electron chi connectivity index (χ4n) is 5.50. The van der Waals surface area contributed by atoms with Crippen LogP contribution in [-0.4, -0.2) is 0 Å². The van der Waals surface area contributed by atoms with Gasteiger partial charge in [-0.2, -0.15) is 0 Å². The number of hydrogen-bond acceptors (Lipinski definition) is 2. The molecule has 2 heteroatoms. The molecule has 200 valence electrons. The number of aryl methyl sites for hydroxylation is 3. The lowest BCUT2D eigenvalue weighted by Gasteiger charge is -2.30. The molecule has 40 heavy (non-hydrogen) atoms. The summed E-state index contributed by atoms with van der Waals surface area (Å²) in [7, 11) is 0. The lowest BCUT2D eigenvalue weighted by atomic mass is 9.82. The number of para-hydroxylation sites is 1. The molecule has 5 aromatic rings. The van der Waals surface area contributed by atoms with Crippen molar-refractivity contribution in [2.45, 2.75) is 52.4 Å². The Balaban J connectivity index is 1.40. The maximum atomic E-state index is 2.36. The number of anilines is 6. The van der Waals surface area contributed by atoms with Gasteiger partial charge in [0.15, 0.2) is 0 Å². The molecule has 1 aliphatic rings. The molecule has 0 radical (unpaired) electrons. The summed E-state index contributed by atoms with van der Waals surface area (Å²) in [5.74, 6) is 0. The van der Waals surface area contributed by atoms with E-state index in [-0.39, 0.29) is 5.41 Å². The highest BCUT2D eigenvalue weighted by Crippen LogP contribution is 2.41. The normalized spacial score (nSPS) is 12.4. The number of nitrogens with zero attached hydrogens (tertiary/aromatic N) is 2. The molecule has 0 saturated heterocycles. The van der Waals surface area contributed by atoms with Crippen molar-refractivity contribution >= 4 is 34.1 Å². The van der Waals surface area contributed by atoms with Crippen LogP contribution in [-0.2, 0) is 18.3 Å². The van der Waals surface area contributed by atoms with Gasteiger partial charge in [0.05, 0.1) is 0 Å². The average Bonchev–Trinajstić information content (AvgIpc) is 2.97. The molecule has 5 aromatic carbocycles. The van der Waals surface area contributed by atoms with Crippen LogP contribution in [0.4, 0.5) is 34.1 Å². The Bertz CT molecular complexity index is 1580. The molecule has 0 spiro atoms. The monoisotopic (exact) mass is 522 g/mol. The molecule has 0 bridgehead atoms. The fourth-order valence-corrected chi connectivity index (χ4v) is 5.50. The van der Waals surface area contributed by atoms with Crippen molar-refractivity contribution in [2.75, 3.05) is 9.80 Å². The smallest absolute Gasteiger partial charge is 0.0464 e. The second-order valence-electron chi connectivity index (χ2n) is 11.6. The van der Waals surface area contributed by atoms with E-state index in [9.17, 15) is 0 Å². The van der Waals surface area contributed by atoms with Crippen molar-refractivity contribution in [1.29, 1.82) is 0 Å².